The quantitative estimate of drug-likeness (QED) is 0.800. The van der Waals surface area contributed by atoms with Gasteiger partial charge in [-0.25, -0.2) is 17.5 Å². The van der Waals surface area contributed by atoms with Gasteiger partial charge in [-0.1, -0.05) is 18.2 Å². The number of nitrogens with one attached hydrogen (secondary N) is 1. The van der Waals surface area contributed by atoms with E-state index in [0.29, 0.717) is 5.56 Å². The number of rotatable bonds is 6. The molecule has 27 heavy (non-hydrogen) atoms. The Balaban J connectivity index is 2.45. The Morgan fingerprint density at radius 1 is 0.963 bits per heavy atom. The predicted octanol–water partition coefficient (Wildman–Crippen LogP) is 4.21. The minimum atomic E-state index is -3.80. The molecule has 2 rings (SSSR count). The van der Waals surface area contributed by atoms with Crippen molar-refractivity contribution >= 4 is 10.0 Å². The molecule has 0 aliphatic heterocycles. The van der Waals surface area contributed by atoms with Gasteiger partial charge in [-0.2, -0.15) is 0 Å². The zero-order chi connectivity index (χ0) is 20.6. The van der Waals surface area contributed by atoms with Gasteiger partial charge in [0, 0.05) is 19.2 Å². The smallest absolute Gasteiger partial charge is 0.241 e. The fourth-order valence-electron chi connectivity index (χ4n) is 3.34. The second-order valence-electron chi connectivity index (χ2n) is 7.19. The number of sulfonamides is 1. The van der Waals surface area contributed by atoms with Crippen LogP contribution in [0, 0.1) is 40.4 Å². The van der Waals surface area contributed by atoms with Crippen LogP contribution in [0.1, 0.15) is 40.3 Å². The lowest BCUT2D eigenvalue weighted by atomic mass is 9.95. The first-order chi connectivity index (χ1) is 12.5. The number of hydrogen-bond acceptors (Lipinski definition) is 3. The van der Waals surface area contributed by atoms with E-state index in [-0.39, 0.29) is 11.4 Å². The van der Waals surface area contributed by atoms with Gasteiger partial charge in [-0.3, -0.25) is 0 Å². The van der Waals surface area contributed by atoms with E-state index in [1.54, 1.807) is 25.1 Å². The summed E-state index contributed by atoms with van der Waals surface area (Å²) in [5.74, 6) is -0.435. The average molecular weight is 394 g/mol. The van der Waals surface area contributed by atoms with Gasteiger partial charge in [0.15, 0.2) is 0 Å². The molecule has 0 fully saturated rings. The van der Waals surface area contributed by atoms with Gasteiger partial charge in [-0.05, 0) is 75.4 Å². The van der Waals surface area contributed by atoms with E-state index in [1.165, 1.54) is 13.2 Å². The molecule has 0 aliphatic rings. The molecule has 2 aromatic carbocycles. The van der Waals surface area contributed by atoms with E-state index in [0.717, 1.165) is 27.8 Å². The number of hydrogen-bond donors (Lipinski definition) is 1. The fourth-order valence-corrected chi connectivity index (χ4v) is 5.06. The third-order valence-corrected chi connectivity index (χ3v) is 7.37. The fraction of sp³-hybridized carbons (Fsp3) is 0.429. The molecule has 0 saturated carbocycles. The minimum Gasteiger partial charge on any atom is -0.372 e. The molecule has 4 nitrogen and oxygen atoms in total. The van der Waals surface area contributed by atoms with E-state index in [4.69, 9.17) is 4.74 Å². The van der Waals surface area contributed by atoms with Crippen LogP contribution in [-0.4, -0.2) is 22.1 Å². The van der Waals surface area contributed by atoms with Gasteiger partial charge in [0.25, 0.3) is 0 Å². The third-order valence-electron chi connectivity index (χ3n) is 5.69. The number of ether oxygens (including phenoxy) is 1. The van der Waals surface area contributed by atoms with E-state index in [2.05, 4.69) is 4.72 Å². The number of methoxy groups -OCH3 is 1. The highest BCUT2D eigenvalue weighted by Gasteiger charge is 2.32. The molecule has 0 aliphatic carbocycles. The van der Waals surface area contributed by atoms with Crippen LogP contribution in [0.4, 0.5) is 4.39 Å². The van der Waals surface area contributed by atoms with Crippen LogP contribution in [0.3, 0.4) is 0 Å². The largest absolute Gasteiger partial charge is 0.372 e. The van der Waals surface area contributed by atoms with Gasteiger partial charge in [0.05, 0.1) is 4.90 Å². The summed E-state index contributed by atoms with van der Waals surface area (Å²) in [4.78, 5) is 0.287. The second-order valence-corrected chi connectivity index (χ2v) is 8.90. The summed E-state index contributed by atoms with van der Waals surface area (Å²) in [6.45, 7) is 11.1. The van der Waals surface area contributed by atoms with Crippen LogP contribution >= 0.6 is 0 Å². The first-order valence-corrected chi connectivity index (χ1v) is 10.3. The predicted molar refractivity (Wildman–Crippen MR) is 106 cm³/mol. The summed E-state index contributed by atoms with van der Waals surface area (Å²) in [7, 11) is -2.36. The summed E-state index contributed by atoms with van der Waals surface area (Å²) in [6, 6.07) is 6.22. The number of benzene rings is 2. The Morgan fingerprint density at radius 3 is 1.93 bits per heavy atom. The van der Waals surface area contributed by atoms with E-state index in [9.17, 15) is 12.8 Å². The van der Waals surface area contributed by atoms with Gasteiger partial charge in [-0.15, -0.1) is 0 Å². The standard InChI is InChI=1S/C21H28FNO3S/c1-13-14(2)16(4)20(17(5)15(13)3)27(24,25)23-12-21(6,26-7)18-10-8-9-11-19(18)22/h8-11,23H,12H2,1-7H3. The normalized spacial score (nSPS) is 14.2. The molecule has 1 atom stereocenters. The van der Waals surface area contributed by atoms with Crippen molar-refractivity contribution < 1.29 is 17.5 Å². The maximum absolute atomic E-state index is 14.2. The Hall–Kier alpha value is -1.76. The summed E-state index contributed by atoms with van der Waals surface area (Å²) < 4.78 is 48.6. The molecule has 0 amide bonds. The van der Waals surface area contributed by atoms with Gasteiger partial charge in [0.1, 0.15) is 11.4 Å². The molecule has 148 valence electrons. The average Bonchev–Trinajstić information content (AvgIpc) is 2.63. The van der Waals surface area contributed by atoms with E-state index < -0.39 is 21.4 Å². The maximum atomic E-state index is 14.2. The molecular weight excluding hydrogens is 365 g/mol. The summed E-state index contributed by atoms with van der Waals surface area (Å²) >= 11 is 0. The van der Waals surface area contributed by atoms with Crippen LogP contribution in [0.5, 0.6) is 0 Å². The second kappa shape index (κ2) is 7.70. The van der Waals surface area contributed by atoms with Crippen molar-refractivity contribution in [3.8, 4) is 0 Å². The highest BCUT2D eigenvalue weighted by Crippen LogP contribution is 2.31. The maximum Gasteiger partial charge on any atom is 0.241 e. The van der Waals surface area contributed by atoms with Crippen LogP contribution in [-0.2, 0) is 20.4 Å². The first-order valence-electron chi connectivity index (χ1n) is 8.83. The van der Waals surface area contributed by atoms with Crippen molar-refractivity contribution in [1.82, 2.24) is 4.72 Å². The van der Waals surface area contributed by atoms with Gasteiger partial charge in [0.2, 0.25) is 10.0 Å². The molecule has 1 unspecified atom stereocenters. The lowest BCUT2D eigenvalue weighted by molar-refractivity contribution is 0.00410. The van der Waals surface area contributed by atoms with Crippen molar-refractivity contribution in [1.29, 1.82) is 0 Å². The first kappa shape index (κ1) is 21.5. The van der Waals surface area contributed by atoms with Crippen LogP contribution in [0.2, 0.25) is 0 Å². The zero-order valence-corrected chi connectivity index (χ0v) is 17.8. The Labute approximate surface area is 161 Å². The topological polar surface area (TPSA) is 55.4 Å². The Morgan fingerprint density at radius 2 is 1.44 bits per heavy atom. The molecular formula is C21H28FNO3S. The summed E-state index contributed by atoms with van der Waals surface area (Å²) in [6.07, 6.45) is 0. The number of halogens is 1. The molecule has 0 spiro atoms. The van der Waals surface area contributed by atoms with Crippen molar-refractivity contribution in [2.24, 2.45) is 0 Å². The summed E-state index contributed by atoms with van der Waals surface area (Å²) in [5, 5.41) is 0. The SMILES string of the molecule is COC(C)(CNS(=O)(=O)c1c(C)c(C)c(C)c(C)c1C)c1ccccc1F. The van der Waals surface area contributed by atoms with E-state index in [1.807, 2.05) is 34.6 Å². The van der Waals surface area contributed by atoms with Crippen LogP contribution < -0.4 is 4.72 Å². The van der Waals surface area contributed by atoms with Crippen LogP contribution in [0.15, 0.2) is 29.2 Å². The lowest BCUT2D eigenvalue weighted by Gasteiger charge is -2.29. The molecule has 0 heterocycles. The van der Waals surface area contributed by atoms with Crippen molar-refractivity contribution in [2.75, 3.05) is 13.7 Å². The highest BCUT2D eigenvalue weighted by atomic mass is 32.2. The van der Waals surface area contributed by atoms with Gasteiger partial charge >= 0.3 is 0 Å². The monoisotopic (exact) mass is 393 g/mol. The van der Waals surface area contributed by atoms with Crippen LogP contribution in [0.25, 0.3) is 0 Å². The minimum absolute atomic E-state index is 0.0857. The van der Waals surface area contributed by atoms with Gasteiger partial charge < -0.3 is 4.74 Å². The van der Waals surface area contributed by atoms with E-state index >= 15 is 0 Å². The molecule has 6 heteroatoms. The molecule has 0 bridgehead atoms. The van der Waals surface area contributed by atoms with Crippen molar-refractivity contribution in [2.45, 2.75) is 52.0 Å². The summed E-state index contributed by atoms with van der Waals surface area (Å²) in [5.41, 5.74) is 3.65. The molecule has 1 N–H and O–H groups in total. The molecule has 0 aromatic heterocycles. The zero-order valence-electron chi connectivity index (χ0n) is 17.0. The lowest BCUT2D eigenvalue weighted by Crippen LogP contribution is -2.41. The van der Waals surface area contributed by atoms with Crippen molar-refractivity contribution in [3.63, 3.8) is 0 Å². The Bertz CT molecular complexity index is 941. The highest BCUT2D eigenvalue weighted by molar-refractivity contribution is 7.89. The Kier molecular flexibility index (Phi) is 6.14. The van der Waals surface area contributed by atoms with Crippen molar-refractivity contribution in [3.05, 3.63) is 63.5 Å². The molecule has 0 radical (unpaired) electrons. The third kappa shape index (κ3) is 3.93. The molecule has 2 aromatic rings. The molecule has 0 saturated heterocycles.